The number of fused-ring (bicyclic) bond motifs is 1. The van der Waals surface area contributed by atoms with Gasteiger partial charge in [-0.2, -0.15) is 0 Å². The smallest absolute Gasteiger partial charge is 0.356 e. The summed E-state index contributed by atoms with van der Waals surface area (Å²) in [6.07, 6.45) is -5.00. The first-order valence-corrected chi connectivity index (χ1v) is 11.0. The fourth-order valence-corrected chi connectivity index (χ4v) is 4.53. The number of ether oxygens (including phenoxy) is 1. The van der Waals surface area contributed by atoms with E-state index in [1.54, 1.807) is 0 Å². The second-order valence-electron chi connectivity index (χ2n) is 7.05. The summed E-state index contributed by atoms with van der Waals surface area (Å²) in [5, 5.41) is 34.1. The molecule has 0 aromatic carbocycles. The average Bonchev–Trinajstić information content (AvgIpc) is 3.20. The Kier molecular flexibility index (Phi) is 6.79. The van der Waals surface area contributed by atoms with Crippen molar-refractivity contribution in [1.82, 2.24) is 19.5 Å². The number of hydrogen-bond donors (Lipinski definition) is 5. The number of aromatic nitrogens is 4. The number of rotatable bonds is 8. The van der Waals surface area contributed by atoms with E-state index in [1.165, 1.54) is 18.4 Å². The zero-order valence-electron chi connectivity index (χ0n) is 16.6. The summed E-state index contributed by atoms with van der Waals surface area (Å²) in [6.45, 7) is 2.99. The lowest BCUT2D eigenvalue weighted by molar-refractivity contribution is -0.0454. The lowest BCUT2D eigenvalue weighted by Gasteiger charge is -2.24. The first-order chi connectivity index (χ1) is 14.6. The Labute approximate surface area is 175 Å². The molecule has 16 heteroatoms. The lowest BCUT2D eigenvalue weighted by Crippen LogP contribution is -2.33. The lowest BCUT2D eigenvalue weighted by atomic mass is 10.1. The van der Waals surface area contributed by atoms with Gasteiger partial charge in [0.1, 0.15) is 18.5 Å². The molecule has 7 atom stereocenters. The van der Waals surface area contributed by atoms with Crippen LogP contribution in [0, 0.1) is 0 Å². The van der Waals surface area contributed by atoms with Crippen LogP contribution in [0.2, 0.25) is 0 Å². The molecular weight excluding hydrogens is 435 g/mol. The predicted molar refractivity (Wildman–Crippen MR) is 106 cm³/mol. The van der Waals surface area contributed by atoms with Crippen molar-refractivity contribution in [1.29, 1.82) is 0 Å². The van der Waals surface area contributed by atoms with Crippen LogP contribution in [0.25, 0.3) is 21.6 Å². The van der Waals surface area contributed by atoms with Crippen LogP contribution in [0.3, 0.4) is 0 Å². The zero-order valence-corrected chi connectivity index (χ0v) is 17.5. The summed E-state index contributed by atoms with van der Waals surface area (Å²) in [5.74, 6) is -1.74. The molecule has 3 rings (SSSR count). The highest BCUT2D eigenvalue weighted by Gasteiger charge is 2.46. The molecule has 170 valence electrons. The number of aliphatic hydroxyl groups excluding tert-OH is 3. The maximum atomic E-state index is 12.1. The number of nitrogen functional groups attached to an aromatic ring is 1. The molecule has 31 heavy (non-hydrogen) atoms. The maximum absolute atomic E-state index is 12.1. The number of hydrogen-bond acceptors (Lipinski definition) is 11. The molecule has 3 heterocycles. The highest BCUT2D eigenvalue weighted by Crippen LogP contribution is 2.49. The van der Waals surface area contributed by atoms with E-state index >= 15 is 0 Å². The molecule has 15 nitrogen and oxygen atoms in total. The van der Waals surface area contributed by atoms with Gasteiger partial charge in [0, 0.05) is 11.3 Å². The monoisotopic (exact) mass is 458 g/mol. The molecule has 0 saturated carbocycles. The number of imidazole rings is 1. The van der Waals surface area contributed by atoms with Gasteiger partial charge in [0.15, 0.2) is 29.1 Å². The van der Waals surface area contributed by atoms with Crippen LogP contribution in [0.4, 0.5) is 11.8 Å². The van der Waals surface area contributed by atoms with Gasteiger partial charge in [-0.3, -0.25) is 9.13 Å². The van der Waals surface area contributed by atoms with Crippen LogP contribution in [0.15, 0.2) is 11.4 Å². The van der Waals surface area contributed by atoms with E-state index in [4.69, 9.17) is 20.5 Å². The van der Waals surface area contributed by atoms with Crippen LogP contribution < -0.4 is 5.73 Å². The molecule has 3 unspecified atom stereocenters. The molecule has 0 radical (unpaired) electrons. The Morgan fingerprint density at radius 2 is 2.16 bits per heavy atom. The van der Waals surface area contributed by atoms with Crippen molar-refractivity contribution in [2.24, 2.45) is 5.11 Å². The van der Waals surface area contributed by atoms with Crippen LogP contribution in [-0.2, 0) is 13.8 Å². The summed E-state index contributed by atoms with van der Waals surface area (Å²) in [5.41, 5.74) is 14.9. The Morgan fingerprint density at radius 3 is 2.81 bits per heavy atom. The van der Waals surface area contributed by atoms with Crippen molar-refractivity contribution in [3.8, 4) is 0 Å². The van der Waals surface area contributed by atoms with Crippen molar-refractivity contribution < 1.29 is 34.0 Å². The van der Waals surface area contributed by atoms with Gasteiger partial charge >= 0.3 is 7.60 Å². The quantitative estimate of drug-likeness (QED) is 0.159. The van der Waals surface area contributed by atoms with E-state index in [9.17, 15) is 24.8 Å². The summed E-state index contributed by atoms with van der Waals surface area (Å²) < 4.78 is 24.1. The van der Waals surface area contributed by atoms with Gasteiger partial charge < -0.3 is 35.2 Å². The largest absolute Gasteiger partial charge is 0.388 e. The standard InChI is InChI=1S/C15H23N8O7P/c1-3-8(24)31(27,28)30-6(2)4-7-10(25)11(26)14(29-7)23-13-9(12(16)18-5-19-13)20-15(23)21-22-17/h5-8,10-11,14,24-26H,3-4H2,1-2H3,(H,27,28)(H2,16,18,19)/t6?,7-,8?,10-,11-,14-/m1/s1. The molecule has 1 saturated heterocycles. The van der Waals surface area contributed by atoms with Crippen molar-refractivity contribution in [2.75, 3.05) is 5.73 Å². The number of nitrogens with zero attached hydrogens (tertiary/aromatic N) is 7. The van der Waals surface area contributed by atoms with E-state index in [1.807, 2.05) is 0 Å². The van der Waals surface area contributed by atoms with E-state index < -0.39 is 44.1 Å². The third-order valence-corrected chi connectivity index (χ3v) is 6.63. The molecule has 1 fully saturated rings. The SMILES string of the molecule is CCC(O)P(=O)(O)OC(C)C[C@H]1O[C@@H](n2c(N=[N+]=[N-])nc3c(N)ncnc32)[C@H](O)[C@@H]1O. The summed E-state index contributed by atoms with van der Waals surface area (Å²) in [6, 6.07) is 0. The van der Waals surface area contributed by atoms with E-state index in [0.29, 0.717) is 0 Å². The molecular formula is C15H23N8O7P. The highest BCUT2D eigenvalue weighted by molar-refractivity contribution is 7.53. The van der Waals surface area contributed by atoms with Crippen molar-refractivity contribution >= 4 is 30.5 Å². The van der Waals surface area contributed by atoms with Gasteiger partial charge in [-0.25, -0.2) is 15.0 Å². The predicted octanol–water partition coefficient (Wildman–Crippen LogP) is 0.678. The van der Waals surface area contributed by atoms with E-state index in [-0.39, 0.29) is 35.8 Å². The fourth-order valence-electron chi connectivity index (χ4n) is 3.33. The van der Waals surface area contributed by atoms with E-state index in [2.05, 4.69) is 25.0 Å². The third-order valence-electron chi connectivity index (χ3n) is 4.85. The topological polar surface area (TPSA) is 235 Å². The van der Waals surface area contributed by atoms with Gasteiger partial charge in [-0.05, 0) is 24.0 Å². The first kappa shape index (κ1) is 23.3. The Bertz CT molecular complexity index is 1040. The summed E-state index contributed by atoms with van der Waals surface area (Å²) >= 11 is 0. The van der Waals surface area contributed by atoms with Crippen molar-refractivity contribution in [2.45, 2.75) is 63.2 Å². The maximum Gasteiger partial charge on any atom is 0.356 e. The fraction of sp³-hybridized carbons (Fsp3) is 0.667. The first-order valence-electron chi connectivity index (χ1n) is 9.34. The van der Waals surface area contributed by atoms with Crippen molar-refractivity contribution in [3.05, 3.63) is 16.8 Å². The van der Waals surface area contributed by atoms with Crippen molar-refractivity contribution in [3.63, 3.8) is 0 Å². The molecule has 6 N–H and O–H groups in total. The van der Waals surface area contributed by atoms with Crippen LogP contribution in [0.5, 0.6) is 0 Å². The second-order valence-corrected chi connectivity index (χ2v) is 8.99. The third kappa shape index (κ3) is 4.49. The number of anilines is 1. The van der Waals surface area contributed by atoms with Gasteiger partial charge in [0.25, 0.3) is 0 Å². The Morgan fingerprint density at radius 1 is 1.45 bits per heavy atom. The number of aliphatic hydroxyl groups is 3. The zero-order chi connectivity index (χ0) is 22.9. The van der Waals surface area contributed by atoms with Gasteiger partial charge in [-0.1, -0.05) is 6.92 Å². The molecule has 0 aliphatic carbocycles. The van der Waals surface area contributed by atoms with Gasteiger partial charge in [0.2, 0.25) is 5.95 Å². The molecule has 1 aliphatic heterocycles. The van der Waals surface area contributed by atoms with Crippen LogP contribution >= 0.6 is 7.60 Å². The van der Waals surface area contributed by atoms with Crippen LogP contribution in [0.1, 0.15) is 32.9 Å². The van der Waals surface area contributed by atoms with Gasteiger partial charge in [0.05, 0.1) is 12.2 Å². The summed E-state index contributed by atoms with van der Waals surface area (Å²) in [7, 11) is -4.30. The molecule has 0 amide bonds. The molecule has 0 bridgehead atoms. The normalized spacial score (nSPS) is 27.5. The molecule has 0 spiro atoms. The summed E-state index contributed by atoms with van der Waals surface area (Å²) in [4.78, 5) is 24.4. The average molecular weight is 458 g/mol. The number of azide groups is 1. The van der Waals surface area contributed by atoms with E-state index in [0.717, 1.165) is 6.33 Å². The van der Waals surface area contributed by atoms with Gasteiger partial charge in [-0.15, -0.1) is 0 Å². The molecule has 2 aromatic rings. The second kappa shape index (κ2) is 9.02. The molecule has 2 aromatic heterocycles. The highest BCUT2D eigenvalue weighted by atomic mass is 31.2. The minimum atomic E-state index is -4.30. The minimum absolute atomic E-state index is 0.0120. The Hall–Kier alpha value is -2.35. The van der Waals surface area contributed by atoms with Crippen LogP contribution in [-0.4, -0.2) is 70.0 Å². The minimum Gasteiger partial charge on any atom is -0.388 e. The molecule has 1 aliphatic rings. The number of nitrogens with two attached hydrogens (primary N) is 1. The Balaban J connectivity index is 1.86.